The third-order valence-electron chi connectivity index (χ3n) is 5.16. The molecule has 5 nitrogen and oxygen atoms in total. The third kappa shape index (κ3) is 4.02. The minimum Gasteiger partial charge on any atom is -0.281 e. The molecular weight excluding hydrogens is 414 g/mol. The highest BCUT2D eigenvalue weighted by atomic mass is 32.2. The largest absolute Gasteiger partial charge is 0.281 e. The summed E-state index contributed by atoms with van der Waals surface area (Å²) < 4.78 is 0. The zero-order valence-corrected chi connectivity index (χ0v) is 18.0. The van der Waals surface area contributed by atoms with Gasteiger partial charge in [0.15, 0.2) is 0 Å². The summed E-state index contributed by atoms with van der Waals surface area (Å²) in [4.78, 5) is 32.1. The molecule has 4 rings (SSSR count). The number of thioether (sulfide) groups is 1. The van der Waals surface area contributed by atoms with E-state index < -0.39 is 0 Å². The van der Waals surface area contributed by atoms with Crippen LogP contribution in [-0.2, 0) is 16.0 Å². The van der Waals surface area contributed by atoms with Crippen LogP contribution in [0.1, 0.15) is 16.3 Å². The van der Waals surface area contributed by atoms with Crippen LogP contribution in [0.3, 0.4) is 0 Å². The second-order valence-electron chi connectivity index (χ2n) is 6.99. The van der Waals surface area contributed by atoms with Crippen LogP contribution in [0.25, 0.3) is 11.6 Å². The Morgan fingerprint density at radius 1 is 1.20 bits per heavy atom. The molecule has 1 saturated heterocycles. The van der Waals surface area contributed by atoms with Crippen molar-refractivity contribution < 1.29 is 9.59 Å². The highest BCUT2D eigenvalue weighted by Gasteiger charge is 2.45. The van der Waals surface area contributed by atoms with Crippen molar-refractivity contribution in [2.24, 2.45) is 11.8 Å². The molecule has 2 aromatic rings. The number of carbonyl (C=O) groups excluding carboxylic acids is 2. The molecule has 1 aliphatic carbocycles. The van der Waals surface area contributed by atoms with Crippen molar-refractivity contribution >= 4 is 46.6 Å². The smallest absolute Gasteiger partial charge is 0.237 e. The molecule has 1 aromatic heterocycles. The average molecular weight is 434 g/mol. The molecule has 0 saturated carbocycles. The number of hydrogen-bond donors (Lipinski definition) is 0. The second-order valence-corrected chi connectivity index (χ2v) is 8.72. The van der Waals surface area contributed by atoms with Gasteiger partial charge in [0.25, 0.3) is 0 Å². The maximum Gasteiger partial charge on any atom is 0.237 e. The van der Waals surface area contributed by atoms with E-state index in [1.807, 2.05) is 54.1 Å². The van der Waals surface area contributed by atoms with Crippen molar-refractivity contribution in [1.82, 2.24) is 9.88 Å². The van der Waals surface area contributed by atoms with Crippen LogP contribution in [0.5, 0.6) is 0 Å². The molecule has 0 spiro atoms. The quantitative estimate of drug-likeness (QED) is 0.388. The van der Waals surface area contributed by atoms with E-state index in [0.29, 0.717) is 23.5 Å². The van der Waals surface area contributed by atoms with Crippen LogP contribution in [0.15, 0.2) is 58.8 Å². The number of amides is 2. The lowest BCUT2D eigenvalue weighted by atomic mass is 9.91. The van der Waals surface area contributed by atoms with Gasteiger partial charge in [-0.2, -0.15) is 5.26 Å². The van der Waals surface area contributed by atoms with Gasteiger partial charge < -0.3 is 0 Å². The van der Waals surface area contributed by atoms with Gasteiger partial charge in [0, 0.05) is 23.2 Å². The Kier molecular flexibility index (Phi) is 5.98. The number of rotatable bonds is 6. The molecule has 0 radical (unpaired) electrons. The number of allylic oxidation sites excluding steroid dienone is 3. The first-order valence-corrected chi connectivity index (χ1v) is 11.6. The lowest BCUT2D eigenvalue weighted by Crippen LogP contribution is -2.33. The fourth-order valence-corrected chi connectivity index (χ4v) is 4.78. The number of carbonyl (C=O) groups is 2. The predicted molar refractivity (Wildman–Crippen MR) is 120 cm³/mol. The molecule has 30 heavy (non-hydrogen) atoms. The van der Waals surface area contributed by atoms with E-state index in [1.165, 1.54) is 21.1 Å². The fourth-order valence-electron chi connectivity index (χ4n) is 3.55. The molecule has 0 bridgehead atoms. The molecule has 1 aliphatic heterocycles. The molecule has 2 amide bonds. The first-order chi connectivity index (χ1) is 14.6. The van der Waals surface area contributed by atoms with Crippen molar-refractivity contribution in [3.8, 4) is 6.07 Å². The number of fused-ring (bicyclic) bond motifs is 1. The van der Waals surface area contributed by atoms with Gasteiger partial charge in [-0.05, 0) is 30.0 Å². The molecule has 0 N–H and O–H groups in total. The Balaban J connectivity index is 1.44. The van der Waals surface area contributed by atoms with E-state index in [4.69, 9.17) is 0 Å². The molecule has 7 heteroatoms. The van der Waals surface area contributed by atoms with Gasteiger partial charge in [0.2, 0.25) is 11.8 Å². The van der Waals surface area contributed by atoms with E-state index in [0.717, 1.165) is 11.3 Å². The van der Waals surface area contributed by atoms with Crippen LogP contribution in [0, 0.1) is 23.2 Å². The van der Waals surface area contributed by atoms with Gasteiger partial charge in [-0.3, -0.25) is 14.5 Å². The van der Waals surface area contributed by atoms with Gasteiger partial charge in [-0.1, -0.05) is 36.4 Å². The molecule has 1 aromatic carbocycles. The number of aromatic nitrogens is 1. The van der Waals surface area contributed by atoms with Crippen molar-refractivity contribution in [3.05, 3.63) is 70.2 Å². The van der Waals surface area contributed by atoms with E-state index >= 15 is 0 Å². The lowest BCUT2D eigenvalue weighted by Gasteiger charge is -2.13. The molecule has 150 valence electrons. The molecule has 1 fully saturated rings. The topological polar surface area (TPSA) is 74.1 Å². The van der Waals surface area contributed by atoms with Crippen LogP contribution in [0.2, 0.25) is 0 Å². The van der Waals surface area contributed by atoms with E-state index in [2.05, 4.69) is 11.1 Å². The summed E-state index contributed by atoms with van der Waals surface area (Å²) in [7, 11) is 0. The Morgan fingerprint density at radius 3 is 2.47 bits per heavy atom. The standard InChI is InChI=1S/C23H19N3O2S2/c1-29-18-8-6-15(7-9-18)12-16(13-24)21-25-17(14-30-21)10-11-26-22(27)19-4-2-3-5-20(19)23(26)28/h2-9,12,14,19-20H,10-11H2,1H3/b16-12-. The van der Waals surface area contributed by atoms with E-state index in [1.54, 1.807) is 23.9 Å². The SMILES string of the molecule is CSc1ccc(/C=C(/C#N)c2nc(CCN3C(=O)C4C=CC=CC4C3=O)cs2)cc1. The minimum atomic E-state index is -0.376. The van der Waals surface area contributed by atoms with E-state index in [-0.39, 0.29) is 23.7 Å². The second kappa shape index (κ2) is 8.82. The normalized spacial score (nSPS) is 20.5. The zero-order chi connectivity index (χ0) is 21.1. The van der Waals surface area contributed by atoms with Gasteiger partial charge in [-0.25, -0.2) is 4.98 Å². The zero-order valence-electron chi connectivity index (χ0n) is 16.3. The Hall–Kier alpha value is -2.95. The van der Waals surface area contributed by atoms with Gasteiger partial charge in [-0.15, -0.1) is 23.1 Å². The maximum atomic E-state index is 12.5. The van der Waals surface area contributed by atoms with Crippen molar-refractivity contribution in [2.45, 2.75) is 11.3 Å². The van der Waals surface area contributed by atoms with Crippen LogP contribution >= 0.6 is 23.1 Å². The van der Waals surface area contributed by atoms with Crippen molar-refractivity contribution in [1.29, 1.82) is 5.26 Å². The average Bonchev–Trinajstić information content (AvgIpc) is 3.35. The van der Waals surface area contributed by atoms with E-state index in [9.17, 15) is 14.9 Å². The number of hydrogen-bond acceptors (Lipinski definition) is 6. The molecule has 2 atom stereocenters. The molecule has 2 unspecified atom stereocenters. The number of nitrogens with zero attached hydrogens (tertiary/aromatic N) is 3. The Bertz CT molecular complexity index is 1080. The van der Waals surface area contributed by atoms with Crippen LogP contribution < -0.4 is 0 Å². The Morgan fingerprint density at radius 2 is 1.87 bits per heavy atom. The summed E-state index contributed by atoms with van der Waals surface area (Å²) in [5.41, 5.74) is 2.21. The summed E-state index contributed by atoms with van der Waals surface area (Å²) in [6.07, 6.45) is 11.5. The summed E-state index contributed by atoms with van der Waals surface area (Å²) >= 11 is 3.07. The van der Waals surface area contributed by atoms with Gasteiger partial charge in [0.05, 0.1) is 23.1 Å². The number of nitriles is 1. The number of benzene rings is 1. The third-order valence-corrected chi connectivity index (χ3v) is 6.83. The summed E-state index contributed by atoms with van der Waals surface area (Å²) in [5, 5.41) is 12.1. The fraction of sp³-hybridized carbons (Fsp3) is 0.217. The molecular formula is C23H19N3O2S2. The monoisotopic (exact) mass is 433 g/mol. The Labute approximate surface area is 183 Å². The maximum absolute atomic E-state index is 12.5. The molecule has 2 heterocycles. The van der Waals surface area contributed by atoms with Crippen LogP contribution in [-0.4, -0.2) is 34.5 Å². The highest BCUT2D eigenvalue weighted by molar-refractivity contribution is 7.98. The number of thiazole rings is 1. The number of imide groups is 1. The predicted octanol–water partition coefficient (Wildman–Crippen LogP) is 4.20. The lowest BCUT2D eigenvalue weighted by molar-refractivity contribution is -0.139. The summed E-state index contributed by atoms with van der Waals surface area (Å²) in [5.74, 6) is -1.04. The summed E-state index contributed by atoms with van der Waals surface area (Å²) in [6, 6.07) is 10.2. The minimum absolute atomic E-state index is 0.146. The first kappa shape index (κ1) is 20.3. The van der Waals surface area contributed by atoms with Crippen molar-refractivity contribution in [3.63, 3.8) is 0 Å². The van der Waals surface area contributed by atoms with Gasteiger partial charge in [0.1, 0.15) is 11.1 Å². The van der Waals surface area contributed by atoms with Crippen LogP contribution in [0.4, 0.5) is 0 Å². The van der Waals surface area contributed by atoms with Gasteiger partial charge >= 0.3 is 0 Å². The summed E-state index contributed by atoms with van der Waals surface area (Å²) in [6.45, 7) is 0.303. The first-order valence-electron chi connectivity index (χ1n) is 9.51. The molecule has 2 aliphatic rings. The van der Waals surface area contributed by atoms with Crippen molar-refractivity contribution in [2.75, 3.05) is 12.8 Å². The highest BCUT2D eigenvalue weighted by Crippen LogP contribution is 2.31. The number of likely N-dealkylation sites (tertiary alicyclic amines) is 1.